The average Bonchev–Trinajstić information content (AvgIpc) is 3.28. The Kier molecular flexibility index (Phi) is 6.38. The highest BCUT2D eigenvalue weighted by Gasteiger charge is 2.27. The van der Waals surface area contributed by atoms with Crippen molar-refractivity contribution in [1.29, 1.82) is 0 Å². The molecule has 0 bridgehead atoms. The fourth-order valence-electron chi connectivity index (χ4n) is 2.90. The van der Waals surface area contributed by atoms with Gasteiger partial charge in [-0.05, 0) is 24.3 Å². The van der Waals surface area contributed by atoms with E-state index < -0.39 is 0 Å². The largest absolute Gasteiger partial charge is 0.459 e. The molecule has 3 rings (SSSR count). The van der Waals surface area contributed by atoms with E-state index in [4.69, 9.17) is 9.15 Å². The van der Waals surface area contributed by atoms with Gasteiger partial charge in [0.05, 0.1) is 12.9 Å². The predicted molar refractivity (Wildman–Crippen MR) is 99.0 cm³/mol. The minimum Gasteiger partial charge on any atom is -0.459 e. The van der Waals surface area contributed by atoms with Gasteiger partial charge in [-0.25, -0.2) is 0 Å². The van der Waals surface area contributed by atoms with Crippen molar-refractivity contribution < 1.29 is 23.5 Å². The number of carbonyl (C=O) groups is 3. The van der Waals surface area contributed by atoms with Crippen molar-refractivity contribution in [2.75, 3.05) is 46.4 Å². The van der Waals surface area contributed by atoms with Crippen molar-refractivity contribution in [3.63, 3.8) is 0 Å². The first-order valence-electron chi connectivity index (χ1n) is 8.95. The molecular weight excluding hydrogens is 364 g/mol. The number of hydrogen-bond acceptors (Lipinski definition) is 6. The Morgan fingerprint density at radius 2 is 1.86 bits per heavy atom. The minimum atomic E-state index is -0.361. The van der Waals surface area contributed by atoms with Crippen molar-refractivity contribution in [3.8, 4) is 0 Å². The van der Waals surface area contributed by atoms with Crippen LogP contribution in [-0.2, 0) is 4.74 Å². The Bertz CT molecular complexity index is 829. The second-order valence-electron chi connectivity index (χ2n) is 6.24. The summed E-state index contributed by atoms with van der Waals surface area (Å²) in [6, 6.07) is 6.34. The molecule has 9 heteroatoms. The molecule has 2 aromatic rings. The second kappa shape index (κ2) is 9.14. The van der Waals surface area contributed by atoms with E-state index in [1.165, 1.54) is 18.5 Å². The van der Waals surface area contributed by atoms with Crippen LogP contribution in [-0.4, -0.2) is 78.9 Å². The highest BCUT2D eigenvalue weighted by atomic mass is 16.5. The fraction of sp³-hybridized carbons (Fsp3) is 0.368. The SMILES string of the molecule is COCCNC(=O)c1cc(C(=O)N2CCN(C(=O)c3ccco3)CC2)ccn1. The number of hydrogen-bond donors (Lipinski definition) is 1. The second-order valence-corrected chi connectivity index (χ2v) is 6.24. The van der Waals surface area contributed by atoms with Gasteiger partial charge in [0, 0.05) is 51.6 Å². The van der Waals surface area contributed by atoms with E-state index in [9.17, 15) is 14.4 Å². The number of rotatable bonds is 6. The number of nitrogens with one attached hydrogen (secondary N) is 1. The molecule has 1 saturated heterocycles. The van der Waals surface area contributed by atoms with E-state index >= 15 is 0 Å². The topological polar surface area (TPSA) is 105 Å². The molecule has 0 radical (unpaired) electrons. The Hall–Kier alpha value is -3.20. The standard InChI is InChI=1S/C19H22N4O5/c1-27-12-6-21-17(24)15-13-14(4-5-20-15)18(25)22-7-9-23(10-8-22)19(26)16-3-2-11-28-16/h2-5,11,13H,6-10,12H2,1H3,(H,21,24). The summed E-state index contributed by atoms with van der Waals surface area (Å²) in [5.41, 5.74) is 0.561. The van der Waals surface area contributed by atoms with Gasteiger partial charge in [-0.2, -0.15) is 0 Å². The van der Waals surface area contributed by atoms with Crippen molar-refractivity contribution in [2.24, 2.45) is 0 Å². The summed E-state index contributed by atoms with van der Waals surface area (Å²) in [7, 11) is 1.55. The van der Waals surface area contributed by atoms with Gasteiger partial charge in [-0.1, -0.05) is 0 Å². The molecule has 1 fully saturated rings. The third-order valence-electron chi connectivity index (χ3n) is 4.42. The van der Waals surface area contributed by atoms with E-state index in [0.717, 1.165) is 0 Å². The van der Waals surface area contributed by atoms with E-state index in [1.807, 2.05) is 0 Å². The summed E-state index contributed by atoms with van der Waals surface area (Å²) < 4.78 is 10.0. The molecule has 1 N–H and O–H groups in total. The van der Waals surface area contributed by atoms with Gasteiger partial charge in [-0.15, -0.1) is 0 Å². The van der Waals surface area contributed by atoms with Crippen molar-refractivity contribution in [2.45, 2.75) is 0 Å². The van der Waals surface area contributed by atoms with Crippen LogP contribution in [0.1, 0.15) is 31.4 Å². The number of carbonyl (C=O) groups excluding carboxylic acids is 3. The molecule has 0 saturated carbocycles. The van der Waals surface area contributed by atoms with Gasteiger partial charge >= 0.3 is 0 Å². The van der Waals surface area contributed by atoms with E-state index in [1.54, 1.807) is 35.1 Å². The molecule has 0 spiro atoms. The number of aromatic nitrogens is 1. The van der Waals surface area contributed by atoms with Gasteiger partial charge in [0.2, 0.25) is 0 Å². The maximum atomic E-state index is 12.8. The summed E-state index contributed by atoms with van der Waals surface area (Å²) in [6.07, 6.45) is 2.90. The van der Waals surface area contributed by atoms with Crippen molar-refractivity contribution in [3.05, 3.63) is 53.7 Å². The Morgan fingerprint density at radius 3 is 2.50 bits per heavy atom. The van der Waals surface area contributed by atoms with E-state index in [0.29, 0.717) is 44.9 Å². The molecule has 3 amide bonds. The van der Waals surface area contributed by atoms with Crippen LogP contribution in [0.25, 0.3) is 0 Å². The molecule has 9 nitrogen and oxygen atoms in total. The first-order valence-corrected chi connectivity index (χ1v) is 8.95. The normalized spacial score (nSPS) is 14.0. The van der Waals surface area contributed by atoms with Gasteiger partial charge < -0.3 is 24.3 Å². The van der Waals surface area contributed by atoms with Crippen LogP contribution in [0, 0.1) is 0 Å². The number of ether oxygens (including phenoxy) is 1. The van der Waals surface area contributed by atoms with Crippen LogP contribution < -0.4 is 5.32 Å². The van der Waals surface area contributed by atoms with Gasteiger partial charge in [0.15, 0.2) is 5.76 Å². The zero-order valence-electron chi connectivity index (χ0n) is 15.6. The highest BCUT2D eigenvalue weighted by molar-refractivity contribution is 5.98. The maximum absolute atomic E-state index is 12.8. The molecule has 28 heavy (non-hydrogen) atoms. The zero-order valence-corrected chi connectivity index (χ0v) is 15.6. The van der Waals surface area contributed by atoms with Gasteiger partial charge in [-0.3, -0.25) is 19.4 Å². The van der Waals surface area contributed by atoms with Crippen LogP contribution in [0.15, 0.2) is 41.1 Å². The van der Waals surface area contributed by atoms with E-state index in [-0.39, 0.29) is 29.2 Å². The number of furan rings is 1. The monoisotopic (exact) mass is 386 g/mol. The molecule has 3 heterocycles. The number of piperazine rings is 1. The lowest BCUT2D eigenvalue weighted by atomic mass is 10.1. The quantitative estimate of drug-likeness (QED) is 0.731. The van der Waals surface area contributed by atoms with Crippen LogP contribution in [0.2, 0.25) is 0 Å². The predicted octanol–water partition coefficient (Wildman–Crippen LogP) is 0.649. The number of amides is 3. The van der Waals surface area contributed by atoms with Crippen molar-refractivity contribution >= 4 is 17.7 Å². The number of pyridine rings is 1. The Labute approximate surface area is 162 Å². The lowest BCUT2D eigenvalue weighted by molar-refractivity contribution is 0.0518. The maximum Gasteiger partial charge on any atom is 0.289 e. The van der Waals surface area contributed by atoms with Crippen LogP contribution in [0.4, 0.5) is 0 Å². The first-order chi connectivity index (χ1) is 13.6. The molecule has 1 aliphatic heterocycles. The minimum absolute atomic E-state index is 0.175. The smallest absolute Gasteiger partial charge is 0.289 e. The van der Waals surface area contributed by atoms with E-state index in [2.05, 4.69) is 10.3 Å². The zero-order chi connectivity index (χ0) is 19.9. The third kappa shape index (κ3) is 4.55. The Morgan fingerprint density at radius 1 is 1.14 bits per heavy atom. The molecule has 1 aliphatic rings. The Balaban J connectivity index is 1.58. The van der Waals surface area contributed by atoms with Crippen molar-refractivity contribution in [1.82, 2.24) is 20.1 Å². The molecule has 0 aromatic carbocycles. The molecule has 0 aliphatic carbocycles. The summed E-state index contributed by atoms with van der Waals surface area (Å²) >= 11 is 0. The van der Waals surface area contributed by atoms with Crippen LogP contribution >= 0.6 is 0 Å². The van der Waals surface area contributed by atoms with Gasteiger partial charge in [0.25, 0.3) is 17.7 Å². The summed E-state index contributed by atoms with van der Waals surface area (Å²) in [4.78, 5) is 44.5. The molecule has 2 aromatic heterocycles. The average molecular weight is 386 g/mol. The molecular formula is C19H22N4O5. The summed E-state index contributed by atoms with van der Waals surface area (Å²) in [6.45, 7) is 2.40. The molecule has 0 atom stereocenters. The lowest BCUT2D eigenvalue weighted by Gasteiger charge is -2.34. The van der Waals surface area contributed by atoms with Crippen LogP contribution in [0.3, 0.4) is 0 Å². The molecule has 148 valence electrons. The lowest BCUT2D eigenvalue weighted by Crippen LogP contribution is -2.50. The fourth-order valence-corrected chi connectivity index (χ4v) is 2.90. The molecule has 0 unspecified atom stereocenters. The first kappa shape index (κ1) is 19.6. The van der Waals surface area contributed by atoms with Gasteiger partial charge in [0.1, 0.15) is 5.69 Å². The number of methoxy groups -OCH3 is 1. The number of nitrogens with zero attached hydrogens (tertiary/aromatic N) is 3. The van der Waals surface area contributed by atoms with Crippen LogP contribution in [0.5, 0.6) is 0 Å². The summed E-state index contributed by atoms with van der Waals surface area (Å²) in [5, 5.41) is 2.67. The third-order valence-corrected chi connectivity index (χ3v) is 4.42. The highest BCUT2D eigenvalue weighted by Crippen LogP contribution is 2.12. The summed E-state index contributed by atoms with van der Waals surface area (Å²) in [5.74, 6) is -0.451.